The van der Waals surface area contributed by atoms with Crippen molar-refractivity contribution < 1.29 is 20.1 Å². The molecule has 0 saturated carbocycles. The maximum Gasteiger partial charge on any atom is 0.109 e. The molecule has 18 heavy (non-hydrogen) atoms. The minimum absolute atomic E-state index is 0.251. The molecule has 0 radical (unpaired) electrons. The van der Waals surface area contributed by atoms with Crippen molar-refractivity contribution in [2.45, 2.75) is 70.5 Å². The van der Waals surface area contributed by atoms with Gasteiger partial charge in [0, 0.05) is 6.61 Å². The summed E-state index contributed by atoms with van der Waals surface area (Å²) in [6.45, 7) is 2.13. The van der Waals surface area contributed by atoms with Gasteiger partial charge in [-0.3, -0.25) is 0 Å². The zero-order valence-corrected chi connectivity index (χ0v) is 11.7. The molecule has 0 saturated heterocycles. The summed E-state index contributed by atoms with van der Waals surface area (Å²) in [6.07, 6.45) is 8.21. The van der Waals surface area contributed by atoms with Gasteiger partial charge in [-0.15, -0.1) is 0 Å². The van der Waals surface area contributed by atoms with Gasteiger partial charge in [-0.25, -0.2) is 0 Å². The fourth-order valence-corrected chi connectivity index (χ4v) is 1.87. The van der Waals surface area contributed by atoms with Crippen molar-refractivity contribution in [3.63, 3.8) is 0 Å². The second-order valence-corrected chi connectivity index (χ2v) is 4.82. The zero-order chi connectivity index (χ0) is 13.6. The first-order valence-electron chi connectivity index (χ1n) is 7.27. The third-order valence-electron chi connectivity index (χ3n) is 3.13. The maximum atomic E-state index is 9.31. The van der Waals surface area contributed by atoms with Crippen LogP contribution in [-0.4, -0.2) is 47.3 Å². The van der Waals surface area contributed by atoms with E-state index in [0.717, 1.165) is 12.8 Å². The van der Waals surface area contributed by atoms with Gasteiger partial charge < -0.3 is 20.1 Å². The molecule has 4 nitrogen and oxygen atoms in total. The normalized spacial score (nSPS) is 14.7. The summed E-state index contributed by atoms with van der Waals surface area (Å²) in [5.41, 5.74) is 0. The molecule has 4 heteroatoms. The molecular formula is C14H30O4. The molecular weight excluding hydrogens is 232 g/mol. The summed E-state index contributed by atoms with van der Waals surface area (Å²) in [7, 11) is 0. The second kappa shape index (κ2) is 13.3. The monoisotopic (exact) mass is 262 g/mol. The summed E-state index contributed by atoms with van der Waals surface area (Å²) in [5, 5.41) is 27.0. The maximum absolute atomic E-state index is 9.31. The predicted octanol–water partition coefficient (Wildman–Crippen LogP) is 1.86. The van der Waals surface area contributed by atoms with E-state index < -0.39 is 12.2 Å². The van der Waals surface area contributed by atoms with Gasteiger partial charge in [0.05, 0.1) is 13.2 Å². The molecule has 0 aromatic rings. The summed E-state index contributed by atoms with van der Waals surface area (Å²) in [6, 6.07) is 0. The molecule has 0 aliphatic rings. The van der Waals surface area contributed by atoms with E-state index in [0.29, 0.717) is 6.61 Å². The minimum atomic E-state index is -0.982. The van der Waals surface area contributed by atoms with Crippen LogP contribution in [-0.2, 0) is 4.74 Å². The van der Waals surface area contributed by atoms with Crippen molar-refractivity contribution in [2.24, 2.45) is 0 Å². The van der Waals surface area contributed by atoms with E-state index in [-0.39, 0.29) is 13.2 Å². The van der Waals surface area contributed by atoms with E-state index in [2.05, 4.69) is 6.92 Å². The van der Waals surface area contributed by atoms with Crippen LogP contribution in [0.4, 0.5) is 0 Å². The number of aliphatic hydroxyl groups excluding tert-OH is 3. The number of hydrogen-bond acceptors (Lipinski definition) is 4. The highest BCUT2D eigenvalue weighted by atomic mass is 16.5. The van der Waals surface area contributed by atoms with Gasteiger partial charge in [0.25, 0.3) is 0 Å². The van der Waals surface area contributed by atoms with Crippen molar-refractivity contribution in [1.82, 2.24) is 0 Å². The lowest BCUT2D eigenvalue weighted by atomic mass is 10.1. The van der Waals surface area contributed by atoms with Gasteiger partial charge in [-0.05, 0) is 6.42 Å². The van der Waals surface area contributed by atoms with E-state index >= 15 is 0 Å². The van der Waals surface area contributed by atoms with Gasteiger partial charge in [0.2, 0.25) is 0 Å². The Morgan fingerprint density at radius 2 is 1.39 bits per heavy atom. The van der Waals surface area contributed by atoms with Crippen LogP contribution in [0, 0.1) is 0 Å². The second-order valence-electron chi connectivity index (χ2n) is 4.82. The van der Waals surface area contributed by atoms with E-state index in [1.165, 1.54) is 38.5 Å². The molecule has 3 N–H and O–H groups in total. The number of rotatable bonds is 13. The van der Waals surface area contributed by atoms with Crippen LogP contribution in [0.25, 0.3) is 0 Å². The highest BCUT2D eigenvalue weighted by Crippen LogP contribution is 2.09. The molecule has 0 heterocycles. The first kappa shape index (κ1) is 17.8. The number of unbranched alkanes of at least 4 members (excludes halogenated alkanes) is 7. The summed E-state index contributed by atoms with van der Waals surface area (Å²) >= 11 is 0. The van der Waals surface area contributed by atoms with Crippen LogP contribution in [0.15, 0.2) is 0 Å². The molecule has 0 rings (SSSR count). The molecule has 0 fully saturated rings. The Morgan fingerprint density at radius 3 is 1.89 bits per heavy atom. The van der Waals surface area contributed by atoms with E-state index in [1.54, 1.807) is 0 Å². The highest BCUT2D eigenvalue weighted by Gasteiger charge is 2.17. The lowest BCUT2D eigenvalue weighted by Crippen LogP contribution is -2.35. The molecule has 0 bridgehead atoms. The lowest BCUT2D eigenvalue weighted by molar-refractivity contribution is -0.0802. The number of aliphatic hydroxyl groups is 3. The molecule has 2 atom stereocenters. The molecule has 0 aliphatic heterocycles. The van der Waals surface area contributed by atoms with E-state index in [1.807, 2.05) is 0 Å². The summed E-state index contributed by atoms with van der Waals surface area (Å²) in [5.74, 6) is 0. The Labute approximate surface area is 111 Å². The average Bonchev–Trinajstić information content (AvgIpc) is 2.40. The quantitative estimate of drug-likeness (QED) is 0.443. The van der Waals surface area contributed by atoms with Crippen molar-refractivity contribution in [1.29, 1.82) is 0 Å². The lowest BCUT2D eigenvalue weighted by Gasteiger charge is -2.19. The Kier molecular flexibility index (Phi) is 13.2. The van der Waals surface area contributed by atoms with Gasteiger partial charge in [0.15, 0.2) is 0 Å². The predicted molar refractivity (Wildman–Crippen MR) is 72.5 cm³/mol. The molecule has 110 valence electrons. The number of hydrogen-bond donors (Lipinski definition) is 3. The first-order valence-corrected chi connectivity index (χ1v) is 7.27. The van der Waals surface area contributed by atoms with Crippen LogP contribution in [0.5, 0.6) is 0 Å². The average molecular weight is 262 g/mol. The smallest absolute Gasteiger partial charge is 0.109 e. The Balaban J connectivity index is 3.28. The molecule has 0 unspecified atom stereocenters. The van der Waals surface area contributed by atoms with E-state index in [9.17, 15) is 5.11 Å². The minimum Gasteiger partial charge on any atom is -0.394 e. The van der Waals surface area contributed by atoms with Gasteiger partial charge >= 0.3 is 0 Å². The Hall–Kier alpha value is -0.160. The van der Waals surface area contributed by atoms with Crippen molar-refractivity contribution in [2.75, 3.05) is 19.8 Å². The molecule has 0 aliphatic carbocycles. The van der Waals surface area contributed by atoms with Crippen LogP contribution in [0.3, 0.4) is 0 Å². The standard InChI is InChI=1S/C14H30O4/c1-2-3-4-5-6-7-8-9-10-18-14(12-16)13(17)11-15/h13-17H,2-12H2,1H3/t13-,14-/m0/s1. The van der Waals surface area contributed by atoms with Gasteiger partial charge in [-0.1, -0.05) is 51.9 Å². The molecule has 0 aromatic heterocycles. The van der Waals surface area contributed by atoms with Crippen molar-refractivity contribution >= 4 is 0 Å². The van der Waals surface area contributed by atoms with Crippen LogP contribution in [0.2, 0.25) is 0 Å². The number of ether oxygens (including phenoxy) is 1. The Morgan fingerprint density at radius 1 is 0.833 bits per heavy atom. The van der Waals surface area contributed by atoms with Gasteiger partial charge in [-0.2, -0.15) is 0 Å². The van der Waals surface area contributed by atoms with Crippen LogP contribution >= 0.6 is 0 Å². The Bertz CT molecular complexity index is 164. The van der Waals surface area contributed by atoms with Crippen molar-refractivity contribution in [3.8, 4) is 0 Å². The fourth-order valence-electron chi connectivity index (χ4n) is 1.87. The first-order chi connectivity index (χ1) is 8.76. The molecule has 0 amide bonds. The SMILES string of the molecule is CCCCCCCCCCO[C@@H](CO)[C@@H](O)CO. The zero-order valence-electron chi connectivity index (χ0n) is 11.7. The highest BCUT2D eigenvalue weighted by molar-refractivity contribution is 4.66. The van der Waals surface area contributed by atoms with E-state index in [4.69, 9.17) is 14.9 Å². The molecule has 0 spiro atoms. The van der Waals surface area contributed by atoms with Crippen LogP contribution in [0.1, 0.15) is 58.3 Å². The summed E-state index contributed by atoms with van der Waals surface area (Å²) in [4.78, 5) is 0. The van der Waals surface area contributed by atoms with Crippen molar-refractivity contribution in [3.05, 3.63) is 0 Å². The summed E-state index contributed by atoms with van der Waals surface area (Å²) < 4.78 is 5.33. The third-order valence-corrected chi connectivity index (χ3v) is 3.13. The largest absolute Gasteiger partial charge is 0.394 e. The topological polar surface area (TPSA) is 69.9 Å². The fraction of sp³-hybridized carbons (Fsp3) is 1.00. The van der Waals surface area contributed by atoms with Crippen LogP contribution < -0.4 is 0 Å². The molecule has 0 aromatic carbocycles. The third kappa shape index (κ3) is 9.83. The van der Waals surface area contributed by atoms with Gasteiger partial charge in [0.1, 0.15) is 12.2 Å².